The van der Waals surface area contributed by atoms with Gasteiger partial charge in [0.25, 0.3) is 0 Å². The molecule has 0 saturated carbocycles. The Kier molecular flexibility index (Phi) is 5.91. The van der Waals surface area contributed by atoms with Crippen LogP contribution in [0.3, 0.4) is 0 Å². The third-order valence-corrected chi connectivity index (χ3v) is 2.63. The van der Waals surface area contributed by atoms with E-state index in [1.54, 1.807) is 0 Å². The maximum Gasteiger partial charge on any atom is 0.417 e. The molecule has 0 unspecified atom stereocenters. The van der Waals surface area contributed by atoms with Crippen molar-refractivity contribution in [2.75, 3.05) is 25.1 Å². The molecular weight excluding hydrogens is 307 g/mol. The van der Waals surface area contributed by atoms with Crippen LogP contribution in [-0.2, 0) is 15.7 Å². The molecule has 1 aromatic rings. The van der Waals surface area contributed by atoms with Crippen molar-refractivity contribution in [3.63, 3.8) is 0 Å². The fourth-order valence-corrected chi connectivity index (χ4v) is 1.71. The summed E-state index contributed by atoms with van der Waals surface area (Å²) in [5, 5.41) is 2.83. The van der Waals surface area contributed by atoms with Crippen LogP contribution in [0, 0.1) is 0 Å². The highest BCUT2D eigenvalue weighted by Crippen LogP contribution is 2.33. The van der Waals surface area contributed by atoms with Gasteiger partial charge in [0.2, 0.25) is 5.91 Å². The Bertz CT molecular complexity index is 535. The molecule has 1 rings (SSSR count). The summed E-state index contributed by atoms with van der Waals surface area (Å²) in [5.74, 6) is -0.597. The Morgan fingerprint density at radius 1 is 1.33 bits per heavy atom. The number of rotatable bonds is 7. The van der Waals surface area contributed by atoms with E-state index in [4.69, 9.17) is 16.2 Å². The number of hydrogen-bond acceptors (Lipinski definition) is 4. The maximum absolute atomic E-state index is 12.8. The van der Waals surface area contributed by atoms with Crippen molar-refractivity contribution in [3.8, 4) is 0 Å². The topological polar surface area (TPSA) is 90.4 Å². The van der Waals surface area contributed by atoms with Crippen LogP contribution in [0.2, 0.25) is 0 Å². The summed E-state index contributed by atoms with van der Waals surface area (Å²) in [7, 11) is 0. The number of alkyl halides is 3. The number of primary amides is 1. The third-order valence-electron chi connectivity index (χ3n) is 2.41. The van der Waals surface area contributed by atoms with E-state index in [-0.39, 0.29) is 30.3 Å². The van der Waals surface area contributed by atoms with Gasteiger partial charge in [-0.15, -0.1) is 0 Å². The van der Waals surface area contributed by atoms with Crippen LogP contribution < -0.4 is 16.8 Å². The summed E-state index contributed by atoms with van der Waals surface area (Å²) in [4.78, 5) is 10.1. The molecule has 0 aliphatic rings. The van der Waals surface area contributed by atoms with Crippen molar-refractivity contribution >= 4 is 28.8 Å². The van der Waals surface area contributed by atoms with Gasteiger partial charge in [0.1, 0.15) is 11.6 Å². The Labute approximate surface area is 124 Å². The summed E-state index contributed by atoms with van der Waals surface area (Å²) in [5.41, 5.74) is 9.47. The molecule has 0 bridgehead atoms. The first-order valence-electron chi connectivity index (χ1n) is 5.83. The zero-order valence-electron chi connectivity index (χ0n) is 10.9. The van der Waals surface area contributed by atoms with Crippen LogP contribution in [0.15, 0.2) is 18.2 Å². The first-order valence-corrected chi connectivity index (χ1v) is 6.23. The van der Waals surface area contributed by atoms with Crippen molar-refractivity contribution in [3.05, 3.63) is 29.3 Å². The predicted molar refractivity (Wildman–Crippen MR) is 75.8 cm³/mol. The van der Waals surface area contributed by atoms with Crippen molar-refractivity contribution in [1.29, 1.82) is 0 Å². The minimum absolute atomic E-state index is 0.173. The Hall–Kier alpha value is -1.87. The minimum Gasteiger partial charge on any atom is -0.389 e. The molecule has 21 heavy (non-hydrogen) atoms. The summed E-state index contributed by atoms with van der Waals surface area (Å²) >= 11 is 4.63. The minimum atomic E-state index is -4.53. The number of carbonyl (C=O) groups excluding carboxylic acids is 1. The number of halogens is 3. The average molecular weight is 321 g/mol. The number of carbonyl (C=O) groups is 1. The molecule has 0 fully saturated rings. The number of thiocarbonyl (C=S) groups is 1. The first kappa shape index (κ1) is 17.2. The van der Waals surface area contributed by atoms with E-state index in [2.05, 4.69) is 17.5 Å². The van der Waals surface area contributed by atoms with E-state index in [9.17, 15) is 18.0 Å². The lowest BCUT2D eigenvalue weighted by Crippen LogP contribution is -2.21. The van der Waals surface area contributed by atoms with Crippen LogP contribution in [0.25, 0.3) is 0 Å². The largest absolute Gasteiger partial charge is 0.417 e. The molecule has 0 radical (unpaired) electrons. The van der Waals surface area contributed by atoms with E-state index < -0.39 is 17.6 Å². The second-order valence-corrected chi connectivity index (χ2v) is 4.51. The second kappa shape index (κ2) is 7.23. The van der Waals surface area contributed by atoms with Gasteiger partial charge in [-0.1, -0.05) is 12.2 Å². The third kappa shape index (κ3) is 5.56. The standard InChI is InChI=1S/C12H14F3N3O2S/c13-12(14,15)9-2-1-7(5-8(9)11(17)21)18-3-4-20-6-10(16)19/h1-2,5,18H,3-4,6H2,(H2,16,19)(H2,17,21). The van der Waals surface area contributed by atoms with Gasteiger partial charge in [0.15, 0.2) is 0 Å². The summed E-state index contributed by atoms with van der Waals surface area (Å²) in [6.45, 7) is 0.245. The fraction of sp³-hybridized carbons (Fsp3) is 0.333. The normalized spacial score (nSPS) is 11.2. The van der Waals surface area contributed by atoms with E-state index in [0.717, 1.165) is 6.07 Å². The number of benzene rings is 1. The maximum atomic E-state index is 12.8. The van der Waals surface area contributed by atoms with Crippen LogP contribution >= 0.6 is 12.2 Å². The molecule has 0 aliphatic heterocycles. The van der Waals surface area contributed by atoms with Crippen LogP contribution in [0.4, 0.5) is 18.9 Å². The highest BCUT2D eigenvalue weighted by molar-refractivity contribution is 7.80. The van der Waals surface area contributed by atoms with Crippen molar-refractivity contribution in [2.24, 2.45) is 11.5 Å². The highest BCUT2D eigenvalue weighted by Gasteiger charge is 2.33. The van der Waals surface area contributed by atoms with Crippen LogP contribution in [0.1, 0.15) is 11.1 Å². The van der Waals surface area contributed by atoms with Crippen LogP contribution in [0.5, 0.6) is 0 Å². The Balaban J connectivity index is 2.71. The van der Waals surface area contributed by atoms with Gasteiger partial charge in [-0.05, 0) is 18.2 Å². The molecule has 116 valence electrons. The molecule has 1 amide bonds. The lowest BCUT2D eigenvalue weighted by Gasteiger charge is -2.14. The van der Waals surface area contributed by atoms with Crippen molar-refractivity contribution < 1.29 is 22.7 Å². The van der Waals surface area contributed by atoms with E-state index in [0.29, 0.717) is 5.69 Å². The molecule has 1 aromatic carbocycles. The number of anilines is 1. The van der Waals surface area contributed by atoms with Crippen molar-refractivity contribution in [2.45, 2.75) is 6.18 Å². The van der Waals surface area contributed by atoms with Gasteiger partial charge >= 0.3 is 6.18 Å². The summed E-state index contributed by atoms with van der Waals surface area (Å²) in [6, 6.07) is 3.39. The molecule has 0 aromatic heterocycles. The molecule has 0 heterocycles. The smallest absolute Gasteiger partial charge is 0.389 e. The second-order valence-electron chi connectivity index (χ2n) is 4.07. The molecular formula is C12H14F3N3O2S. The van der Waals surface area contributed by atoms with Gasteiger partial charge in [-0.3, -0.25) is 4.79 Å². The molecule has 5 nitrogen and oxygen atoms in total. The monoisotopic (exact) mass is 321 g/mol. The predicted octanol–water partition coefficient (Wildman–Crippen LogP) is 1.25. The summed E-state index contributed by atoms with van der Waals surface area (Å²) in [6.07, 6.45) is -4.53. The number of ether oxygens (including phenoxy) is 1. The SMILES string of the molecule is NC(=O)COCCNc1ccc(C(F)(F)F)c(C(N)=S)c1. The molecule has 5 N–H and O–H groups in total. The van der Waals surface area contributed by atoms with Gasteiger partial charge in [-0.25, -0.2) is 0 Å². The van der Waals surface area contributed by atoms with Gasteiger partial charge in [-0.2, -0.15) is 13.2 Å². The van der Waals surface area contributed by atoms with Crippen molar-refractivity contribution in [1.82, 2.24) is 0 Å². The fourth-order valence-electron chi connectivity index (χ4n) is 1.55. The van der Waals surface area contributed by atoms with Gasteiger partial charge in [0.05, 0.1) is 12.2 Å². The zero-order valence-corrected chi connectivity index (χ0v) is 11.7. The van der Waals surface area contributed by atoms with E-state index in [1.165, 1.54) is 12.1 Å². The average Bonchev–Trinajstić information content (AvgIpc) is 2.36. The van der Waals surface area contributed by atoms with Gasteiger partial charge < -0.3 is 21.5 Å². The molecule has 0 spiro atoms. The highest BCUT2D eigenvalue weighted by atomic mass is 32.1. The van der Waals surface area contributed by atoms with Gasteiger partial charge in [0, 0.05) is 17.8 Å². The Morgan fingerprint density at radius 3 is 2.52 bits per heavy atom. The molecule has 0 saturated heterocycles. The number of nitrogens with one attached hydrogen (secondary N) is 1. The van der Waals surface area contributed by atoms with E-state index in [1.807, 2.05) is 0 Å². The number of hydrogen-bond donors (Lipinski definition) is 3. The number of nitrogens with two attached hydrogens (primary N) is 2. The molecule has 9 heteroatoms. The Morgan fingerprint density at radius 2 is 2.00 bits per heavy atom. The quantitative estimate of drug-likeness (QED) is 0.519. The lowest BCUT2D eigenvalue weighted by atomic mass is 10.1. The molecule has 0 atom stereocenters. The number of amides is 1. The van der Waals surface area contributed by atoms with E-state index >= 15 is 0 Å². The zero-order chi connectivity index (χ0) is 16.0. The molecule has 0 aliphatic carbocycles. The van der Waals surface area contributed by atoms with Crippen LogP contribution in [-0.4, -0.2) is 30.7 Å². The first-order chi connectivity index (χ1) is 9.71. The lowest BCUT2D eigenvalue weighted by molar-refractivity contribution is -0.137. The summed E-state index contributed by atoms with van der Waals surface area (Å²) < 4.78 is 43.2.